The first kappa shape index (κ1) is 27.3. The van der Waals surface area contributed by atoms with E-state index in [4.69, 9.17) is 4.74 Å². The lowest BCUT2D eigenvalue weighted by Crippen LogP contribution is -2.45. The highest BCUT2D eigenvalue weighted by Gasteiger charge is 2.26. The van der Waals surface area contributed by atoms with Gasteiger partial charge in [-0.15, -0.1) is 6.58 Å². The first-order valence-corrected chi connectivity index (χ1v) is 19.0. The standard InChI is InChI=1S/C29H44O2Si2/c1-7-8-9-10-11-14-23-32(3,4)26-18-20-27(21-19-26)33(5,6)24-15-22-31-29(30)28-17-13-12-16-25(28)2/h7,12-13,16-21H,1,8-11,14-15,22-24H2,2-6H3. The van der Waals surface area contributed by atoms with E-state index in [-0.39, 0.29) is 5.97 Å². The van der Waals surface area contributed by atoms with Gasteiger partial charge < -0.3 is 4.74 Å². The third kappa shape index (κ3) is 8.75. The molecule has 0 aliphatic carbocycles. The van der Waals surface area contributed by atoms with Crippen molar-refractivity contribution in [1.29, 1.82) is 0 Å². The van der Waals surface area contributed by atoms with Crippen molar-refractivity contribution in [3.63, 3.8) is 0 Å². The van der Waals surface area contributed by atoms with Crippen LogP contribution in [0.4, 0.5) is 0 Å². The molecule has 0 saturated carbocycles. The molecular weight excluding hydrogens is 436 g/mol. The molecule has 0 aromatic heterocycles. The van der Waals surface area contributed by atoms with Gasteiger partial charge in [-0.2, -0.15) is 0 Å². The maximum absolute atomic E-state index is 12.3. The van der Waals surface area contributed by atoms with Crippen LogP contribution in [-0.2, 0) is 4.74 Å². The molecule has 180 valence electrons. The zero-order chi connectivity index (χ0) is 24.3. The minimum absolute atomic E-state index is 0.204. The molecular formula is C29H44O2Si2. The number of hydrogen-bond acceptors (Lipinski definition) is 2. The van der Waals surface area contributed by atoms with Gasteiger partial charge in [0.2, 0.25) is 0 Å². The molecule has 0 unspecified atom stereocenters. The number of hydrogen-bond donors (Lipinski definition) is 0. The minimum atomic E-state index is -1.55. The predicted octanol–water partition coefficient (Wildman–Crippen LogP) is 7.21. The third-order valence-electron chi connectivity index (χ3n) is 6.95. The molecule has 0 N–H and O–H groups in total. The number of carbonyl (C=O) groups excluding carboxylic acids is 1. The van der Waals surface area contributed by atoms with E-state index < -0.39 is 16.1 Å². The lowest BCUT2D eigenvalue weighted by molar-refractivity contribution is 0.0504. The highest BCUT2D eigenvalue weighted by atomic mass is 28.3. The Kier molecular flexibility index (Phi) is 10.8. The van der Waals surface area contributed by atoms with Crippen LogP contribution in [0, 0.1) is 6.92 Å². The van der Waals surface area contributed by atoms with Gasteiger partial charge in [-0.25, -0.2) is 4.79 Å². The van der Waals surface area contributed by atoms with E-state index in [0.29, 0.717) is 12.2 Å². The summed E-state index contributed by atoms with van der Waals surface area (Å²) in [6.07, 6.45) is 9.40. The van der Waals surface area contributed by atoms with Crippen LogP contribution in [0.5, 0.6) is 0 Å². The second-order valence-electron chi connectivity index (χ2n) is 10.6. The van der Waals surface area contributed by atoms with Gasteiger partial charge >= 0.3 is 5.97 Å². The number of rotatable bonds is 14. The van der Waals surface area contributed by atoms with Gasteiger partial charge in [-0.05, 0) is 37.8 Å². The van der Waals surface area contributed by atoms with Gasteiger partial charge in [0.15, 0.2) is 0 Å². The van der Waals surface area contributed by atoms with Crippen molar-refractivity contribution in [1.82, 2.24) is 0 Å². The monoisotopic (exact) mass is 480 g/mol. The molecule has 0 saturated heterocycles. The normalized spacial score (nSPS) is 11.9. The van der Waals surface area contributed by atoms with Gasteiger partial charge in [0, 0.05) is 0 Å². The SMILES string of the molecule is C=CCCCCCC[Si](C)(C)c1ccc([Si](C)(C)CCCOC(=O)c2ccccc2C)cc1. The Morgan fingerprint density at radius 1 is 0.818 bits per heavy atom. The average Bonchev–Trinajstić information content (AvgIpc) is 2.79. The average molecular weight is 481 g/mol. The summed E-state index contributed by atoms with van der Waals surface area (Å²) in [6, 6.07) is 19.7. The van der Waals surface area contributed by atoms with E-state index in [0.717, 1.165) is 24.4 Å². The molecule has 0 radical (unpaired) electrons. The van der Waals surface area contributed by atoms with Gasteiger partial charge in [-0.3, -0.25) is 0 Å². The van der Waals surface area contributed by atoms with Gasteiger partial charge in [0.25, 0.3) is 0 Å². The van der Waals surface area contributed by atoms with Crippen molar-refractivity contribution >= 4 is 32.5 Å². The highest BCUT2D eigenvalue weighted by Crippen LogP contribution is 2.18. The fourth-order valence-electron chi connectivity index (χ4n) is 4.43. The molecule has 2 aromatic rings. The molecule has 0 amide bonds. The molecule has 33 heavy (non-hydrogen) atoms. The van der Waals surface area contributed by atoms with E-state index in [1.807, 2.05) is 37.3 Å². The van der Waals surface area contributed by atoms with Crippen molar-refractivity contribution in [3.8, 4) is 0 Å². The molecule has 0 aliphatic heterocycles. The summed E-state index contributed by atoms with van der Waals surface area (Å²) < 4.78 is 5.56. The number of benzene rings is 2. The molecule has 2 rings (SSSR count). The van der Waals surface area contributed by atoms with Crippen molar-refractivity contribution in [2.45, 2.75) is 83.7 Å². The van der Waals surface area contributed by atoms with Gasteiger partial charge in [-0.1, -0.05) is 116 Å². The minimum Gasteiger partial charge on any atom is -0.462 e. The summed E-state index contributed by atoms with van der Waals surface area (Å²) in [5.74, 6) is -0.204. The van der Waals surface area contributed by atoms with Crippen LogP contribution in [0.1, 0.15) is 54.4 Å². The molecule has 4 heteroatoms. The Bertz CT molecular complexity index is 885. The fraction of sp³-hybridized carbons (Fsp3) is 0.483. The summed E-state index contributed by atoms with van der Waals surface area (Å²) in [5.41, 5.74) is 1.64. The Morgan fingerprint density at radius 3 is 1.94 bits per heavy atom. The summed E-state index contributed by atoms with van der Waals surface area (Å²) in [4.78, 5) is 12.3. The molecule has 0 atom stereocenters. The van der Waals surface area contributed by atoms with Crippen LogP contribution in [0.3, 0.4) is 0 Å². The first-order chi connectivity index (χ1) is 15.7. The predicted molar refractivity (Wildman–Crippen MR) is 150 cm³/mol. The summed E-state index contributed by atoms with van der Waals surface area (Å²) in [6.45, 7) is 16.1. The van der Waals surface area contributed by atoms with E-state index in [1.54, 1.807) is 5.19 Å². The van der Waals surface area contributed by atoms with E-state index in [1.165, 1.54) is 36.9 Å². The molecule has 2 nitrogen and oxygen atoms in total. The Balaban J connectivity index is 1.82. The van der Waals surface area contributed by atoms with E-state index >= 15 is 0 Å². The largest absolute Gasteiger partial charge is 0.462 e. The van der Waals surface area contributed by atoms with Gasteiger partial charge in [0.05, 0.1) is 28.3 Å². The molecule has 2 aromatic carbocycles. The van der Waals surface area contributed by atoms with Crippen LogP contribution in [0.25, 0.3) is 0 Å². The van der Waals surface area contributed by atoms with Gasteiger partial charge in [0.1, 0.15) is 0 Å². The molecule has 0 spiro atoms. The number of carbonyl (C=O) groups is 1. The molecule has 0 aliphatic rings. The zero-order valence-corrected chi connectivity index (χ0v) is 23.6. The number of allylic oxidation sites excluding steroid dienone is 1. The van der Waals surface area contributed by atoms with Crippen molar-refractivity contribution in [3.05, 3.63) is 72.3 Å². The topological polar surface area (TPSA) is 26.3 Å². The number of esters is 1. The smallest absolute Gasteiger partial charge is 0.338 e. The Morgan fingerprint density at radius 2 is 1.36 bits per heavy atom. The lowest BCUT2D eigenvalue weighted by atomic mass is 10.1. The lowest BCUT2D eigenvalue weighted by Gasteiger charge is -2.26. The third-order valence-corrected chi connectivity index (χ3v) is 14.0. The van der Waals surface area contributed by atoms with Crippen molar-refractivity contribution < 1.29 is 9.53 Å². The zero-order valence-electron chi connectivity index (χ0n) is 21.6. The maximum atomic E-state index is 12.3. The second-order valence-corrected chi connectivity index (χ2v) is 20.3. The summed E-state index contributed by atoms with van der Waals surface area (Å²) in [7, 11) is -2.92. The highest BCUT2D eigenvalue weighted by molar-refractivity contribution is 6.91. The Labute approximate surface area is 204 Å². The summed E-state index contributed by atoms with van der Waals surface area (Å²) >= 11 is 0. The van der Waals surface area contributed by atoms with Crippen molar-refractivity contribution in [2.75, 3.05) is 6.61 Å². The molecule has 0 bridgehead atoms. The number of ether oxygens (including phenoxy) is 1. The second kappa shape index (κ2) is 13.1. The van der Waals surface area contributed by atoms with Crippen LogP contribution < -0.4 is 10.4 Å². The van der Waals surface area contributed by atoms with Crippen LogP contribution in [-0.4, -0.2) is 28.7 Å². The first-order valence-electron chi connectivity index (χ1n) is 12.6. The van der Waals surface area contributed by atoms with Crippen LogP contribution in [0.15, 0.2) is 61.2 Å². The molecule has 0 heterocycles. The van der Waals surface area contributed by atoms with Crippen LogP contribution in [0.2, 0.25) is 38.3 Å². The maximum Gasteiger partial charge on any atom is 0.338 e. The quantitative estimate of drug-likeness (QED) is 0.124. The fourth-order valence-corrected chi connectivity index (χ4v) is 9.31. The van der Waals surface area contributed by atoms with Crippen molar-refractivity contribution in [2.24, 2.45) is 0 Å². The van der Waals surface area contributed by atoms with E-state index in [2.05, 4.69) is 57.0 Å². The summed E-state index contributed by atoms with van der Waals surface area (Å²) in [5, 5.41) is 3.08. The van der Waals surface area contributed by atoms with E-state index in [9.17, 15) is 4.79 Å². The number of unbranched alkanes of at least 4 members (excludes halogenated alkanes) is 4. The Hall–Kier alpha value is -1.92. The molecule has 0 fully saturated rings. The van der Waals surface area contributed by atoms with Crippen LogP contribution >= 0.6 is 0 Å². The number of aryl methyl sites for hydroxylation is 1.